The minimum Gasteiger partial charge on any atom is -0.496 e. The number of methoxy groups -OCH3 is 1. The minimum atomic E-state index is -0.0536. The second-order valence-electron chi connectivity index (χ2n) is 3.28. The second kappa shape index (κ2) is 5.36. The van der Waals surface area contributed by atoms with Crippen molar-refractivity contribution in [1.82, 2.24) is 10.9 Å². The van der Waals surface area contributed by atoms with Gasteiger partial charge in [-0.1, -0.05) is 12.1 Å². The number of carbonyl (C=O) groups is 1. The first-order valence-electron chi connectivity index (χ1n) is 4.76. The summed E-state index contributed by atoms with van der Waals surface area (Å²) in [5, 5.41) is 0. The summed E-state index contributed by atoms with van der Waals surface area (Å²) < 4.78 is 5.14. The third kappa shape index (κ3) is 3.25. The van der Waals surface area contributed by atoms with E-state index in [9.17, 15) is 4.79 Å². The van der Waals surface area contributed by atoms with Gasteiger partial charge in [-0.3, -0.25) is 10.2 Å². The van der Waals surface area contributed by atoms with E-state index < -0.39 is 0 Å². The van der Waals surface area contributed by atoms with Gasteiger partial charge in [-0.2, -0.15) is 0 Å². The number of hydrogen-bond donors (Lipinski definition) is 2. The van der Waals surface area contributed by atoms with E-state index >= 15 is 0 Å². The zero-order valence-corrected chi connectivity index (χ0v) is 9.26. The van der Waals surface area contributed by atoms with E-state index in [-0.39, 0.29) is 5.91 Å². The van der Waals surface area contributed by atoms with Gasteiger partial charge in [0.15, 0.2) is 0 Å². The van der Waals surface area contributed by atoms with Crippen molar-refractivity contribution in [1.29, 1.82) is 0 Å². The van der Waals surface area contributed by atoms with E-state index in [1.807, 2.05) is 25.1 Å². The van der Waals surface area contributed by atoms with Gasteiger partial charge in [0.05, 0.1) is 13.5 Å². The molecule has 0 bridgehead atoms. The second-order valence-corrected chi connectivity index (χ2v) is 3.28. The van der Waals surface area contributed by atoms with Crippen LogP contribution in [0.2, 0.25) is 0 Å². The first-order valence-corrected chi connectivity index (χ1v) is 4.76. The number of nitrogens with one attached hydrogen (secondary N) is 2. The summed E-state index contributed by atoms with van der Waals surface area (Å²) in [5.41, 5.74) is 7.13. The summed E-state index contributed by atoms with van der Waals surface area (Å²) in [7, 11) is 3.30. The molecule has 2 N–H and O–H groups in total. The highest BCUT2D eigenvalue weighted by Gasteiger charge is 2.04. The Kier molecular flexibility index (Phi) is 4.12. The van der Waals surface area contributed by atoms with Gasteiger partial charge in [0.2, 0.25) is 5.91 Å². The van der Waals surface area contributed by atoms with Gasteiger partial charge >= 0.3 is 0 Å². The average Bonchev–Trinajstić information content (AvgIpc) is 2.18. The van der Waals surface area contributed by atoms with Crippen molar-refractivity contribution >= 4 is 5.91 Å². The lowest BCUT2D eigenvalue weighted by Crippen LogP contribution is -2.35. The van der Waals surface area contributed by atoms with Crippen molar-refractivity contribution < 1.29 is 9.53 Å². The Morgan fingerprint density at radius 1 is 1.47 bits per heavy atom. The van der Waals surface area contributed by atoms with Crippen molar-refractivity contribution in [3.05, 3.63) is 29.3 Å². The fourth-order valence-electron chi connectivity index (χ4n) is 1.42. The van der Waals surface area contributed by atoms with Gasteiger partial charge in [-0.15, -0.1) is 0 Å². The molecule has 4 nitrogen and oxygen atoms in total. The maximum absolute atomic E-state index is 11.3. The SMILES string of the molecule is CNNC(=O)Cc1ccc(OC)c(C)c1. The maximum atomic E-state index is 11.3. The predicted molar refractivity (Wildman–Crippen MR) is 58.6 cm³/mol. The van der Waals surface area contributed by atoms with Crippen molar-refractivity contribution in [3.63, 3.8) is 0 Å². The number of hydrogen-bond acceptors (Lipinski definition) is 3. The normalized spacial score (nSPS) is 9.80. The molecule has 0 unspecified atom stereocenters. The van der Waals surface area contributed by atoms with Gasteiger partial charge in [0, 0.05) is 7.05 Å². The molecule has 0 aliphatic rings. The summed E-state index contributed by atoms with van der Waals surface area (Å²) in [4.78, 5) is 11.3. The fourth-order valence-corrected chi connectivity index (χ4v) is 1.42. The van der Waals surface area contributed by atoms with Crippen LogP contribution >= 0.6 is 0 Å². The molecule has 1 amide bonds. The molecule has 0 saturated heterocycles. The van der Waals surface area contributed by atoms with E-state index in [4.69, 9.17) is 4.74 Å². The highest BCUT2D eigenvalue weighted by molar-refractivity contribution is 5.78. The molecule has 0 atom stereocenters. The molecule has 0 radical (unpaired) electrons. The van der Waals surface area contributed by atoms with Gasteiger partial charge in [-0.05, 0) is 24.1 Å². The summed E-state index contributed by atoms with van der Waals surface area (Å²) >= 11 is 0. The van der Waals surface area contributed by atoms with Gasteiger partial charge in [-0.25, -0.2) is 5.43 Å². The zero-order chi connectivity index (χ0) is 11.3. The van der Waals surface area contributed by atoms with E-state index in [0.717, 1.165) is 16.9 Å². The molecule has 1 aromatic rings. The number of aryl methyl sites for hydroxylation is 1. The molecular weight excluding hydrogens is 192 g/mol. The van der Waals surface area contributed by atoms with Gasteiger partial charge in [0.1, 0.15) is 5.75 Å². The Bertz CT molecular complexity index is 350. The molecule has 0 saturated carbocycles. The molecule has 0 spiro atoms. The molecule has 82 valence electrons. The largest absolute Gasteiger partial charge is 0.496 e. The number of benzene rings is 1. The Morgan fingerprint density at radius 2 is 2.20 bits per heavy atom. The lowest BCUT2D eigenvalue weighted by Gasteiger charge is -2.07. The fraction of sp³-hybridized carbons (Fsp3) is 0.364. The Morgan fingerprint density at radius 3 is 2.73 bits per heavy atom. The van der Waals surface area contributed by atoms with Crippen LogP contribution in [0.3, 0.4) is 0 Å². The van der Waals surface area contributed by atoms with E-state index in [1.54, 1.807) is 14.2 Å². The van der Waals surface area contributed by atoms with Crippen LogP contribution < -0.4 is 15.6 Å². The van der Waals surface area contributed by atoms with Crippen molar-refractivity contribution in [2.24, 2.45) is 0 Å². The summed E-state index contributed by atoms with van der Waals surface area (Å²) in [6.07, 6.45) is 0.367. The van der Waals surface area contributed by atoms with E-state index in [2.05, 4.69) is 10.9 Å². The van der Waals surface area contributed by atoms with Crippen molar-refractivity contribution in [2.75, 3.05) is 14.2 Å². The first-order chi connectivity index (χ1) is 7.17. The molecule has 0 aromatic heterocycles. The lowest BCUT2D eigenvalue weighted by molar-refractivity contribution is -0.121. The molecule has 1 rings (SSSR count). The molecular formula is C11H16N2O2. The van der Waals surface area contributed by atoms with E-state index in [0.29, 0.717) is 6.42 Å². The van der Waals surface area contributed by atoms with Crippen LogP contribution in [0.4, 0.5) is 0 Å². The zero-order valence-electron chi connectivity index (χ0n) is 9.26. The Labute approximate surface area is 89.6 Å². The highest BCUT2D eigenvalue weighted by Crippen LogP contribution is 2.18. The Balaban J connectivity index is 2.71. The smallest absolute Gasteiger partial charge is 0.238 e. The molecule has 0 heterocycles. The lowest BCUT2D eigenvalue weighted by atomic mass is 10.1. The van der Waals surface area contributed by atoms with Crippen LogP contribution in [0, 0.1) is 6.92 Å². The maximum Gasteiger partial charge on any atom is 0.238 e. The minimum absolute atomic E-state index is 0.0536. The molecule has 0 fully saturated rings. The van der Waals surface area contributed by atoms with Crippen LogP contribution in [0.25, 0.3) is 0 Å². The van der Waals surface area contributed by atoms with Crippen LogP contribution in [-0.2, 0) is 11.2 Å². The Hall–Kier alpha value is -1.55. The predicted octanol–water partition coefficient (Wildman–Crippen LogP) is 0.797. The summed E-state index contributed by atoms with van der Waals surface area (Å²) in [6, 6.07) is 5.71. The number of rotatable bonds is 4. The van der Waals surface area contributed by atoms with E-state index in [1.165, 1.54) is 0 Å². The van der Waals surface area contributed by atoms with Crippen molar-refractivity contribution in [3.8, 4) is 5.75 Å². The van der Waals surface area contributed by atoms with Crippen LogP contribution in [0.1, 0.15) is 11.1 Å². The first kappa shape index (κ1) is 11.5. The van der Waals surface area contributed by atoms with Crippen LogP contribution in [0.15, 0.2) is 18.2 Å². The number of carbonyl (C=O) groups excluding carboxylic acids is 1. The molecule has 0 aliphatic carbocycles. The molecule has 4 heteroatoms. The molecule has 0 aliphatic heterocycles. The van der Waals surface area contributed by atoms with Crippen molar-refractivity contribution in [2.45, 2.75) is 13.3 Å². The van der Waals surface area contributed by atoms with Crippen LogP contribution in [-0.4, -0.2) is 20.1 Å². The number of amides is 1. The van der Waals surface area contributed by atoms with Gasteiger partial charge < -0.3 is 4.74 Å². The standard InChI is InChI=1S/C11H16N2O2/c1-8-6-9(4-5-10(8)15-3)7-11(14)13-12-2/h4-6,12H,7H2,1-3H3,(H,13,14). The third-order valence-corrected chi connectivity index (χ3v) is 2.09. The molecule has 1 aromatic carbocycles. The summed E-state index contributed by atoms with van der Waals surface area (Å²) in [5.74, 6) is 0.787. The van der Waals surface area contributed by atoms with Crippen LogP contribution in [0.5, 0.6) is 5.75 Å². The quantitative estimate of drug-likeness (QED) is 0.719. The summed E-state index contributed by atoms with van der Waals surface area (Å²) in [6.45, 7) is 1.96. The monoisotopic (exact) mass is 208 g/mol. The highest BCUT2D eigenvalue weighted by atomic mass is 16.5. The molecule has 15 heavy (non-hydrogen) atoms. The third-order valence-electron chi connectivity index (χ3n) is 2.09. The topological polar surface area (TPSA) is 50.4 Å². The average molecular weight is 208 g/mol. The number of ether oxygens (including phenoxy) is 1. The van der Waals surface area contributed by atoms with Gasteiger partial charge in [0.25, 0.3) is 0 Å². The number of hydrazine groups is 1.